The molecule has 4 nitrogen and oxygen atoms in total. The summed E-state index contributed by atoms with van der Waals surface area (Å²) >= 11 is 0. The highest BCUT2D eigenvalue weighted by Gasteiger charge is 2.24. The Hall–Kier alpha value is -1.47. The van der Waals surface area contributed by atoms with Gasteiger partial charge in [0.15, 0.2) is 0 Å². The summed E-state index contributed by atoms with van der Waals surface area (Å²) in [6.07, 6.45) is 7.83. The second-order valence-corrected chi connectivity index (χ2v) is 4.21. The summed E-state index contributed by atoms with van der Waals surface area (Å²) in [5, 5.41) is 12.5. The number of aromatic nitrogens is 2. The van der Waals surface area contributed by atoms with E-state index in [0.717, 1.165) is 25.1 Å². The molecule has 0 amide bonds. The Kier molecular flexibility index (Phi) is 3.84. The number of nitriles is 1. The number of hydrogen-bond donors (Lipinski definition) is 1. The summed E-state index contributed by atoms with van der Waals surface area (Å²) in [5.74, 6) is 0.163. The molecule has 1 fully saturated rings. The number of nitrogens with zero attached hydrogens (tertiary/aromatic N) is 3. The molecule has 2 rings (SSSR count). The second kappa shape index (κ2) is 5.57. The normalized spacial score (nSPS) is 24.9. The van der Waals surface area contributed by atoms with E-state index in [4.69, 9.17) is 5.26 Å². The lowest BCUT2D eigenvalue weighted by atomic mass is 9.85. The lowest BCUT2D eigenvalue weighted by Crippen LogP contribution is -2.37. The largest absolute Gasteiger partial charge is 0.307 e. The minimum Gasteiger partial charge on any atom is -0.307 e. The van der Waals surface area contributed by atoms with Crippen molar-refractivity contribution in [1.29, 1.82) is 5.26 Å². The second-order valence-electron chi connectivity index (χ2n) is 4.21. The van der Waals surface area contributed by atoms with Gasteiger partial charge in [-0.1, -0.05) is 12.8 Å². The van der Waals surface area contributed by atoms with E-state index in [1.807, 2.05) is 6.07 Å². The summed E-state index contributed by atoms with van der Waals surface area (Å²) in [6.45, 7) is 0.728. The first kappa shape index (κ1) is 11.0. The molecule has 16 heavy (non-hydrogen) atoms. The van der Waals surface area contributed by atoms with E-state index in [0.29, 0.717) is 6.04 Å². The van der Waals surface area contributed by atoms with Gasteiger partial charge in [0, 0.05) is 18.8 Å². The van der Waals surface area contributed by atoms with Gasteiger partial charge in [-0.2, -0.15) is 5.26 Å². The van der Waals surface area contributed by atoms with Gasteiger partial charge < -0.3 is 5.32 Å². The molecule has 4 heteroatoms. The van der Waals surface area contributed by atoms with Crippen molar-refractivity contribution < 1.29 is 0 Å². The van der Waals surface area contributed by atoms with Gasteiger partial charge in [0.25, 0.3) is 0 Å². The average Bonchev–Trinajstić information content (AvgIpc) is 2.38. The zero-order valence-corrected chi connectivity index (χ0v) is 9.26. The predicted octanol–water partition coefficient (Wildman–Crippen LogP) is 1.65. The van der Waals surface area contributed by atoms with Crippen molar-refractivity contribution in [3.63, 3.8) is 0 Å². The van der Waals surface area contributed by atoms with Crippen LogP contribution in [0.2, 0.25) is 0 Å². The van der Waals surface area contributed by atoms with Crippen molar-refractivity contribution in [2.45, 2.75) is 38.3 Å². The Morgan fingerprint density at radius 3 is 3.06 bits per heavy atom. The van der Waals surface area contributed by atoms with Gasteiger partial charge >= 0.3 is 0 Å². The molecule has 1 aromatic heterocycles. The van der Waals surface area contributed by atoms with Crippen molar-refractivity contribution in [1.82, 2.24) is 15.3 Å². The smallest absolute Gasteiger partial charge is 0.115 e. The molecule has 1 saturated carbocycles. The summed E-state index contributed by atoms with van der Waals surface area (Å²) in [7, 11) is 0. The first-order chi connectivity index (χ1) is 7.90. The van der Waals surface area contributed by atoms with Crippen LogP contribution in [0.5, 0.6) is 0 Å². The van der Waals surface area contributed by atoms with Crippen molar-refractivity contribution in [2.24, 2.45) is 5.92 Å². The molecule has 0 spiro atoms. The molecule has 0 bridgehead atoms. The van der Waals surface area contributed by atoms with Crippen LogP contribution in [0.15, 0.2) is 18.6 Å². The highest BCUT2D eigenvalue weighted by atomic mass is 14.9. The van der Waals surface area contributed by atoms with Gasteiger partial charge in [-0.05, 0) is 18.9 Å². The van der Waals surface area contributed by atoms with Crippen LogP contribution in [0, 0.1) is 17.2 Å². The van der Waals surface area contributed by atoms with Crippen molar-refractivity contribution in [3.8, 4) is 6.07 Å². The van der Waals surface area contributed by atoms with E-state index in [1.165, 1.54) is 12.8 Å². The van der Waals surface area contributed by atoms with Crippen LogP contribution in [0.25, 0.3) is 0 Å². The molecule has 0 aromatic carbocycles. The monoisotopic (exact) mass is 216 g/mol. The molecule has 84 valence electrons. The number of rotatable bonds is 3. The third kappa shape index (κ3) is 2.77. The van der Waals surface area contributed by atoms with Crippen LogP contribution in [-0.2, 0) is 6.54 Å². The Labute approximate surface area is 95.7 Å². The van der Waals surface area contributed by atoms with Crippen LogP contribution in [0.3, 0.4) is 0 Å². The highest BCUT2D eigenvalue weighted by Crippen LogP contribution is 2.23. The molecular weight excluding hydrogens is 200 g/mol. The Balaban J connectivity index is 1.87. The predicted molar refractivity (Wildman–Crippen MR) is 60.2 cm³/mol. The fraction of sp³-hybridized carbons (Fsp3) is 0.583. The van der Waals surface area contributed by atoms with E-state index < -0.39 is 0 Å². The Morgan fingerprint density at radius 2 is 2.31 bits per heavy atom. The van der Waals surface area contributed by atoms with Gasteiger partial charge in [0.2, 0.25) is 0 Å². The number of nitrogens with one attached hydrogen (secondary N) is 1. The third-order valence-electron chi connectivity index (χ3n) is 3.12. The average molecular weight is 216 g/mol. The van der Waals surface area contributed by atoms with Crippen molar-refractivity contribution >= 4 is 0 Å². The van der Waals surface area contributed by atoms with Crippen molar-refractivity contribution in [2.75, 3.05) is 0 Å². The molecule has 0 saturated heterocycles. The minimum atomic E-state index is 0.163. The van der Waals surface area contributed by atoms with Crippen molar-refractivity contribution in [3.05, 3.63) is 24.3 Å². The molecule has 2 atom stereocenters. The third-order valence-corrected chi connectivity index (χ3v) is 3.12. The van der Waals surface area contributed by atoms with E-state index >= 15 is 0 Å². The number of hydrogen-bond acceptors (Lipinski definition) is 4. The zero-order valence-electron chi connectivity index (χ0n) is 9.26. The summed E-state index contributed by atoms with van der Waals surface area (Å²) in [6, 6.07) is 4.62. The Morgan fingerprint density at radius 1 is 1.44 bits per heavy atom. The lowest BCUT2D eigenvalue weighted by Gasteiger charge is -2.27. The zero-order chi connectivity index (χ0) is 11.2. The molecule has 1 aliphatic rings. The fourth-order valence-corrected chi connectivity index (χ4v) is 2.19. The van der Waals surface area contributed by atoms with Gasteiger partial charge in [-0.25, -0.2) is 9.97 Å². The highest BCUT2D eigenvalue weighted by molar-refractivity contribution is 5.00. The van der Waals surface area contributed by atoms with E-state index in [9.17, 15) is 0 Å². The van der Waals surface area contributed by atoms with E-state index in [-0.39, 0.29) is 5.92 Å². The SMILES string of the molecule is N#CC1CCCCC1NCc1ccncn1. The van der Waals surface area contributed by atoms with Gasteiger partial charge in [-0.3, -0.25) is 0 Å². The molecule has 0 radical (unpaired) electrons. The fourth-order valence-electron chi connectivity index (χ4n) is 2.19. The van der Waals surface area contributed by atoms with E-state index in [2.05, 4.69) is 21.4 Å². The summed E-state index contributed by atoms with van der Waals surface area (Å²) in [4.78, 5) is 8.04. The summed E-state index contributed by atoms with van der Waals surface area (Å²) in [5.41, 5.74) is 0.984. The minimum absolute atomic E-state index is 0.163. The van der Waals surface area contributed by atoms with Crippen LogP contribution in [-0.4, -0.2) is 16.0 Å². The van der Waals surface area contributed by atoms with Gasteiger partial charge in [0.05, 0.1) is 17.7 Å². The topological polar surface area (TPSA) is 61.6 Å². The molecule has 1 heterocycles. The van der Waals surface area contributed by atoms with Gasteiger partial charge in [0.1, 0.15) is 6.33 Å². The molecule has 2 unspecified atom stereocenters. The standard InChI is InChI=1S/C12H16N4/c13-7-10-3-1-2-4-12(10)15-8-11-5-6-14-9-16-11/h5-6,9-10,12,15H,1-4,8H2. The first-order valence-electron chi connectivity index (χ1n) is 5.78. The van der Waals surface area contributed by atoms with Gasteiger partial charge in [-0.15, -0.1) is 0 Å². The maximum atomic E-state index is 9.04. The summed E-state index contributed by atoms with van der Waals surface area (Å²) < 4.78 is 0. The molecule has 1 N–H and O–H groups in total. The molecule has 1 aromatic rings. The maximum absolute atomic E-state index is 9.04. The molecule has 0 aliphatic heterocycles. The maximum Gasteiger partial charge on any atom is 0.115 e. The van der Waals surface area contributed by atoms with Crippen LogP contribution in [0.4, 0.5) is 0 Å². The van der Waals surface area contributed by atoms with E-state index in [1.54, 1.807) is 12.5 Å². The molecular formula is C12H16N4. The lowest BCUT2D eigenvalue weighted by molar-refractivity contribution is 0.310. The van der Waals surface area contributed by atoms with Crippen LogP contribution < -0.4 is 5.32 Å². The molecule has 1 aliphatic carbocycles. The quantitative estimate of drug-likeness (QED) is 0.834. The van der Waals surface area contributed by atoms with Crippen LogP contribution in [0.1, 0.15) is 31.4 Å². The Bertz CT molecular complexity index is 357. The van der Waals surface area contributed by atoms with Crippen LogP contribution >= 0.6 is 0 Å². The first-order valence-corrected chi connectivity index (χ1v) is 5.78.